The van der Waals surface area contributed by atoms with E-state index < -0.39 is 0 Å². The highest BCUT2D eigenvalue weighted by atomic mass is 16.5. The fraction of sp³-hybridized carbons (Fsp3) is 0.333. The number of aliphatic hydroxyl groups is 1. The van der Waals surface area contributed by atoms with Crippen LogP contribution in [0.4, 0.5) is 11.8 Å². The molecule has 0 saturated heterocycles. The predicted octanol–water partition coefficient (Wildman–Crippen LogP) is 0.335. The molecule has 1 heterocycles. The Morgan fingerprint density at radius 3 is 2.84 bits per heavy atom. The molecule has 5 N–H and O–H groups in total. The first-order valence-corrected chi connectivity index (χ1v) is 5.88. The maximum absolute atomic E-state index is 9.29. The van der Waals surface area contributed by atoms with Gasteiger partial charge in [0.05, 0.1) is 24.8 Å². The number of anilines is 2. The molecule has 1 unspecified atom stereocenters. The van der Waals surface area contributed by atoms with Gasteiger partial charge in [0.15, 0.2) is 0 Å². The average Bonchev–Trinajstić information content (AvgIpc) is 2.46. The molecule has 1 atom stereocenters. The molecule has 1 aromatic heterocycles. The van der Waals surface area contributed by atoms with Crippen molar-refractivity contribution < 1.29 is 9.84 Å². The van der Waals surface area contributed by atoms with Crippen molar-refractivity contribution in [3.63, 3.8) is 0 Å². The summed E-state index contributed by atoms with van der Waals surface area (Å²) in [6, 6.07) is 7.32. The first-order chi connectivity index (χ1) is 9.28. The first-order valence-electron chi connectivity index (χ1n) is 5.88. The number of nitrogens with zero attached hydrogens (tertiary/aromatic N) is 2. The summed E-state index contributed by atoms with van der Waals surface area (Å²) < 4.78 is 5.03. The van der Waals surface area contributed by atoms with Crippen molar-refractivity contribution in [3.8, 4) is 0 Å². The lowest BCUT2D eigenvalue weighted by Crippen LogP contribution is -2.29. The number of benzene rings is 1. The second-order valence-corrected chi connectivity index (χ2v) is 4.04. The normalized spacial score (nSPS) is 12.4. The van der Waals surface area contributed by atoms with E-state index in [1.54, 1.807) is 7.11 Å². The van der Waals surface area contributed by atoms with Crippen molar-refractivity contribution in [1.82, 2.24) is 9.97 Å². The van der Waals surface area contributed by atoms with Gasteiger partial charge in [0, 0.05) is 12.5 Å². The summed E-state index contributed by atoms with van der Waals surface area (Å²) in [6.45, 7) is 0.317. The number of nitrogens with two attached hydrogens (primary N) is 1. The smallest absolute Gasteiger partial charge is 0.239 e. The number of aliphatic hydroxyl groups excluding tert-OH is 1. The predicted molar refractivity (Wildman–Crippen MR) is 73.7 cm³/mol. The average molecular weight is 263 g/mol. The summed E-state index contributed by atoms with van der Waals surface area (Å²) in [6.07, 6.45) is 0. The van der Waals surface area contributed by atoms with Crippen LogP contribution >= 0.6 is 0 Å². The number of nitrogens with one attached hydrogen (secondary N) is 2. The zero-order valence-electron chi connectivity index (χ0n) is 10.6. The Kier molecular flexibility index (Phi) is 4.45. The molecule has 0 fully saturated rings. The molecular weight excluding hydrogens is 246 g/mol. The Morgan fingerprint density at radius 2 is 2.16 bits per heavy atom. The number of para-hydroxylation sites is 1. The van der Waals surface area contributed by atoms with Gasteiger partial charge in [0.1, 0.15) is 5.82 Å². The van der Waals surface area contributed by atoms with Crippen molar-refractivity contribution in [2.75, 3.05) is 31.1 Å². The van der Waals surface area contributed by atoms with E-state index in [2.05, 4.69) is 20.7 Å². The van der Waals surface area contributed by atoms with Gasteiger partial charge >= 0.3 is 0 Å². The molecule has 0 radical (unpaired) electrons. The third-order valence-corrected chi connectivity index (χ3v) is 2.66. The van der Waals surface area contributed by atoms with Crippen molar-refractivity contribution in [2.45, 2.75) is 6.04 Å². The Balaban J connectivity index is 2.39. The van der Waals surface area contributed by atoms with Crippen LogP contribution in [0, 0.1) is 0 Å². The Labute approximate surface area is 110 Å². The number of hydrazine groups is 1. The lowest BCUT2D eigenvalue weighted by molar-refractivity contribution is 0.153. The SMILES string of the molecule is COCC(CO)Nc1nc(NN)nc2ccccc12. The second-order valence-electron chi connectivity index (χ2n) is 4.04. The van der Waals surface area contributed by atoms with E-state index in [0.717, 1.165) is 10.9 Å². The summed E-state index contributed by atoms with van der Waals surface area (Å²) in [7, 11) is 1.58. The standard InChI is InChI=1S/C12H17N5O2/c1-19-7-8(6-18)14-11-9-4-2-3-5-10(9)15-12(16-11)17-13/h2-5,8,18H,6-7,13H2,1H3,(H2,14,15,16,17). The minimum atomic E-state index is -0.242. The first kappa shape index (κ1) is 13.5. The molecule has 0 amide bonds. The van der Waals surface area contributed by atoms with Gasteiger partial charge in [-0.1, -0.05) is 12.1 Å². The lowest BCUT2D eigenvalue weighted by atomic mass is 10.2. The molecule has 0 bridgehead atoms. The zero-order valence-corrected chi connectivity index (χ0v) is 10.6. The fourth-order valence-electron chi connectivity index (χ4n) is 1.79. The quantitative estimate of drug-likeness (QED) is 0.440. The highest BCUT2D eigenvalue weighted by Crippen LogP contribution is 2.22. The van der Waals surface area contributed by atoms with Gasteiger partial charge in [-0.05, 0) is 12.1 Å². The molecule has 0 aliphatic heterocycles. The summed E-state index contributed by atoms with van der Waals surface area (Å²) in [5, 5.41) is 13.3. The van der Waals surface area contributed by atoms with Crippen LogP contribution in [-0.4, -0.2) is 41.4 Å². The maximum atomic E-state index is 9.29. The number of fused-ring (bicyclic) bond motifs is 1. The van der Waals surface area contributed by atoms with E-state index in [1.807, 2.05) is 24.3 Å². The van der Waals surface area contributed by atoms with E-state index in [1.165, 1.54) is 0 Å². The van der Waals surface area contributed by atoms with Crippen LogP contribution in [0.5, 0.6) is 0 Å². The van der Waals surface area contributed by atoms with Crippen molar-refractivity contribution in [1.29, 1.82) is 0 Å². The molecule has 0 spiro atoms. The number of rotatable bonds is 6. The van der Waals surface area contributed by atoms with E-state index in [0.29, 0.717) is 18.4 Å². The van der Waals surface area contributed by atoms with Crippen LogP contribution in [0.3, 0.4) is 0 Å². The largest absolute Gasteiger partial charge is 0.394 e. The summed E-state index contributed by atoms with van der Waals surface area (Å²) in [5.74, 6) is 6.28. The van der Waals surface area contributed by atoms with Crippen molar-refractivity contribution in [2.24, 2.45) is 5.84 Å². The van der Waals surface area contributed by atoms with Gasteiger partial charge in [-0.25, -0.2) is 10.8 Å². The monoisotopic (exact) mass is 263 g/mol. The van der Waals surface area contributed by atoms with Crippen LogP contribution < -0.4 is 16.6 Å². The fourth-order valence-corrected chi connectivity index (χ4v) is 1.79. The minimum absolute atomic E-state index is 0.0580. The van der Waals surface area contributed by atoms with Crippen LogP contribution in [0.2, 0.25) is 0 Å². The molecule has 102 valence electrons. The number of nitrogen functional groups attached to an aromatic ring is 1. The Morgan fingerprint density at radius 1 is 1.37 bits per heavy atom. The highest BCUT2D eigenvalue weighted by molar-refractivity contribution is 5.90. The van der Waals surface area contributed by atoms with Gasteiger partial charge in [-0.15, -0.1) is 0 Å². The molecule has 2 rings (SSSR count). The van der Waals surface area contributed by atoms with Crippen molar-refractivity contribution >= 4 is 22.7 Å². The van der Waals surface area contributed by atoms with Crippen LogP contribution in [-0.2, 0) is 4.74 Å². The molecule has 7 nitrogen and oxygen atoms in total. The van der Waals surface area contributed by atoms with E-state index >= 15 is 0 Å². The van der Waals surface area contributed by atoms with Gasteiger partial charge in [-0.2, -0.15) is 4.98 Å². The Bertz CT molecular complexity index is 549. The third-order valence-electron chi connectivity index (χ3n) is 2.66. The molecule has 1 aromatic carbocycles. The molecular formula is C12H17N5O2. The van der Waals surface area contributed by atoms with Gasteiger partial charge in [0.25, 0.3) is 0 Å². The summed E-state index contributed by atoms with van der Waals surface area (Å²) in [4.78, 5) is 8.52. The zero-order chi connectivity index (χ0) is 13.7. The van der Waals surface area contributed by atoms with Gasteiger partial charge < -0.3 is 15.2 Å². The van der Waals surface area contributed by atoms with Crippen LogP contribution in [0.25, 0.3) is 10.9 Å². The molecule has 0 saturated carbocycles. The molecule has 0 aliphatic rings. The summed E-state index contributed by atoms with van der Waals surface area (Å²) in [5.41, 5.74) is 3.19. The molecule has 0 aliphatic carbocycles. The van der Waals surface area contributed by atoms with Crippen LogP contribution in [0.15, 0.2) is 24.3 Å². The lowest BCUT2D eigenvalue weighted by Gasteiger charge is -2.17. The number of methoxy groups -OCH3 is 1. The highest BCUT2D eigenvalue weighted by Gasteiger charge is 2.12. The topological polar surface area (TPSA) is 105 Å². The maximum Gasteiger partial charge on any atom is 0.239 e. The van der Waals surface area contributed by atoms with Crippen molar-refractivity contribution in [3.05, 3.63) is 24.3 Å². The number of ether oxygens (including phenoxy) is 1. The number of hydrogen-bond donors (Lipinski definition) is 4. The minimum Gasteiger partial charge on any atom is -0.394 e. The molecule has 7 heteroatoms. The van der Waals surface area contributed by atoms with Gasteiger partial charge in [0.2, 0.25) is 5.95 Å². The van der Waals surface area contributed by atoms with E-state index in [4.69, 9.17) is 10.6 Å². The van der Waals surface area contributed by atoms with Crippen LogP contribution in [0.1, 0.15) is 0 Å². The second kappa shape index (κ2) is 6.28. The van der Waals surface area contributed by atoms with Gasteiger partial charge in [-0.3, -0.25) is 5.43 Å². The summed E-state index contributed by atoms with van der Waals surface area (Å²) >= 11 is 0. The Hall–Kier alpha value is -1.96. The number of aromatic nitrogens is 2. The third kappa shape index (κ3) is 3.08. The molecule has 2 aromatic rings. The van der Waals surface area contributed by atoms with E-state index in [9.17, 15) is 5.11 Å². The molecule has 19 heavy (non-hydrogen) atoms. The number of hydrogen-bond acceptors (Lipinski definition) is 7. The van der Waals surface area contributed by atoms with E-state index in [-0.39, 0.29) is 12.6 Å².